The molecule has 4 nitrogen and oxygen atoms in total. The van der Waals surface area contributed by atoms with Gasteiger partial charge in [-0.15, -0.1) is 0 Å². The van der Waals surface area contributed by atoms with Crippen LogP contribution in [0.15, 0.2) is 30.4 Å². The van der Waals surface area contributed by atoms with E-state index in [9.17, 15) is 14.7 Å². The summed E-state index contributed by atoms with van der Waals surface area (Å²) in [5.74, 6) is -2.27. The van der Waals surface area contributed by atoms with Crippen molar-refractivity contribution in [1.29, 1.82) is 0 Å². The zero-order valence-electron chi connectivity index (χ0n) is 11.6. The molecule has 116 valence electrons. The lowest BCUT2D eigenvalue weighted by molar-refractivity contribution is -0.147. The summed E-state index contributed by atoms with van der Waals surface area (Å²) in [7, 11) is 0. The van der Waals surface area contributed by atoms with E-state index in [1.807, 2.05) is 12.2 Å². The minimum absolute atomic E-state index is 0.0202. The molecule has 1 amide bonds. The number of hydrogen-bond acceptors (Lipinski definition) is 2. The van der Waals surface area contributed by atoms with Gasteiger partial charge in [0.15, 0.2) is 0 Å². The highest BCUT2D eigenvalue weighted by molar-refractivity contribution is 6.35. The van der Waals surface area contributed by atoms with Crippen molar-refractivity contribution in [2.45, 2.75) is 13.0 Å². The maximum atomic E-state index is 12.4. The lowest BCUT2D eigenvalue weighted by Crippen LogP contribution is -2.39. The molecule has 0 spiro atoms. The van der Waals surface area contributed by atoms with E-state index in [-0.39, 0.29) is 24.3 Å². The third-order valence-corrected chi connectivity index (χ3v) is 5.10. The summed E-state index contributed by atoms with van der Waals surface area (Å²) in [5.41, 5.74) is 0.755. The molecular formula is C16H15Cl2NO3. The number of allylic oxidation sites excluding steroid dienone is 2. The van der Waals surface area contributed by atoms with Crippen molar-refractivity contribution >= 4 is 35.1 Å². The van der Waals surface area contributed by atoms with Crippen LogP contribution in [0.5, 0.6) is 0 Å². The topological polar surface area (TPSA) is 66.4 Å². The first kappa shape index (κ1) is 15.4. The summed E-state index contributed by atoms with van der Waals surface area (Å²) in [4.78, 5) is 23.8. The van der Waals surface area contributed by atoms with Crippen molar-refractivity contribution in [3.05, 3.63) is 46.0 Å². The maximum absolute atomic E-state index is 12.4. The molecule has 1 saturated carbocycles. The highest BCUT2D eigenvalue weighted by atomic mass is 35.5. The number of aliphatic carboxylic acids is 1. The Hall–Kier alpha value is -1.52. The van der Waals surface area contributed by atoms with Crippen LogP contribution in [0.25, 0.3) is 0 Å². The smallest absolute Gasteiger partial charge is 0.307 e. The van der Waals surface area contributed by atoms with Crippen LogP contribution in [0.3, 0.4) is 0 Å². The van der Waals surface area contributed by atoms with Crippen LogP contribution in [0.1, 0.15) is 12.0 Å². The van der Waals surface area contributed by atoms with Crippen molar-refractivity contribution in [3.8, 4) is 0 Å². The fraction of sp³-hybridized carbons (Fsp3) is 0.375. The van der Waals surface area contributed by atoms with Crippen molar-refractivity contribution in [1.82, 2.24) is 5.32 Å². The largest absolute Gasteiger partial charge is 0.481 e. The molecule has 22 heavy (non-hydrogen) atoms. The van der Waals surface area contributed by atoms with Crippen molar-refractivity contribution in [2.24, 2.45) is 23.7 Å². The fourth-order valence-corrected chi connectivity index (χ4v) is 3.96. The van der Waals surface area contributed by atoms with Gasteiger partial charge in [-0.3, -0.25) is 9.59 Å². The molecule has 6 heteroatoms. The zero-order valence-corrected chi connectivity index (χ0v) is 13.1. The van der Waals surface area contributed by atoms with E-state index in [1.54, 1.807) is 18.2 Å². The zero-order chi connectivity index (χ0) is 15.9. The number of nitrogens with one attached hydrogen (secondary N) is 1. The van der Waals surface area contributed by atoms with Gasteiger partial charge in [0.2, 0.25) is 5.91 Å². The molecule has 0 radical (unpaired) electrons. The van der Waals surface area contributed by atoms with Crippen LogP contribution in [-0.4, -0.2) is 17.0 Å². The minimum Gasteiger partial charge on any atom is -0.481 e. The molecule has 0 aromatic heterocycles. The van der Waals surface area contributed by atoms with E-state index >= 15 is 0 Å². The summed E-state index contributed by atoms with van der Waals surface area (Å²) in [6.07, 6.45) is 4.63. The number of carbonyl (C=O) groups is 2. The molecule has 1 fully saturated rings. The van der Waals surface area contributed by atoms with Crippen molar-refractivity contribution < 1.29 is 14.7 Å². The minimum atomic E-state index is -0.901. The Balaban J connectivity index is 1.69. The summed E-state index contributed by atoms with van der Waals surface area (Å²) in [6, 6.07) is 5.07. The highest BCUT2D eigenvalue weighted by Gasteiger charge is 2.51. The monoisotopic (exact) mass is 339 g/mol. The van der Waals surface area contributed by atoms with Gasteiger partial charge in [-0.1, -0.05) is 41.4 Å². The number of carboxylic acid groups (broad SMARTS) is 1. The van der Waals surface area contributed by atoms with Crippen LogP contribution in [-0.2, 0) is 16.1 Å². The Morgan fingerprint density at radius 2 is 1.86 bits per heavy atom. The molecule has 2 bridgehead atoms. The second-order valence-corrected chi connectivity index (χ2v) is 6.64. The Morgan fingerprint density at radius 1 is 1.18 bits per heavy atom. The average molecular weight is 340 g/mol. The number of carboxylic acids is 1. The van der Waals surface area contributed by atoms with Gasteiger partial charge in [0.05, 0.1) is 11.8 Å². The third kappa shape index (κ3) is 2.73. The summed E-state index contributed by atoms with van der Waals surface area (Å²) in [5, 5.41) is 13.2. The Bertz CT molecular complexity index is 659. The molecule has 0 heterocycles. The van der Waals surface area contributed by atoms with Crippen molar-refractivity contribution in [3.63, 3.8) is 0 Å². The Kier molecular flexibility index (Phi) is 4.15. The number of hydrogen-bond donors (Lipinski definition) is 2. The van der Waals surface area contributed by atoms with Gasteiger partial charge < -0.3 is 10.4 Å². The van der Waals surface area contributed by atoms with E-state index in [0.717, 1.165) is 12.0 Å². The SMILES string of the molecule is O=C(O)[C@@H]1[C@H](C(=O)NCc2ccc(Cl)cc2Cl)[C@H]2C=C[C@H]1C2. The molecule has 0 unspecified atom stereocenters. The number of halogens is 2. The van der Waals surface area contributed by atoms with Gasteiger partial charge in [-0.05, 0) is 36.0 Å². The molecule has 2 aliphatic rings. The molecule has 1 aromatic rings. The van der Waals surface area contributed by atoms with E-state index in [1.165, 1.54) is 0 Å². The van der Waals surface area contributed by atoms with Crippen LogP contribution >= 0.6 is 23.2 Å². The highest BCUT2D eigenvalue weighted by Crippen LogP contribution is 2.48. The number of carbonyl (C=O) groups excluding carboxylic acids is 1. The number of rotatable bonds is 4. The quantitative estimate of drug-likeness (QED) is 0.828. The predicted molar refractivity (Wildman–Crippen MR) is 83.7 cm³/mol. The number of benzene rings is 1. The lowest BCUT2D eigenvalue weighted by Gasteiger charge is -2.24. The van der Waals surface area contributed by atoms with E-state index in [0.29, 0.717) is 10.0 Å². The predicted octanol–water partition coefficient (Wildman–Crippen LogP) is 3.13. The van der Waals surface area contributed by atoms with Crippen LogP contribution in [0.2, 0.25) is 10.0 Å². The second kappa shape index (κ2) is 5.94. The molecule has 2 N–H and O–H groups in total. The summed E-state index contributed by atoms with van der Waals surface area (Å²) < 4.78 is 0. The van der Waals surface area contributed by atoms with E-state index < -0.39 is 17.8 Å². The fourth-order valence-electron chi connectivity index (χ4n) is 3.48. The van der Waals surface area contributed by atoms with Gasteiger partial charge in [-0.2, -0.15) is 0 Å². The van der Waals surface area contributed by atoms with Crippen LogP contribution < -0.4 is 5.32 Å². The van der Waals surface area contributed by atoms with Crippen LogP contribution in [0.4, 0.5) is 0 Å². The second-order valence-electron chi connectivity index (χ2n) is 5.79. The molecule has 1 aromatic carbocycles. The van der Waals surface area contributed by atoms with Crippen LogP contribution in [0, 0.1) is 23.7 Å². The third-order valence-electron chi connectivity index (χ3n) is 4.52. The standard InChI is InChI=1S/C16H15Cl2NO3/c17-11-4-3-10(12(18)6-11)7-19-15(20)13-8-1-2-9(5-8)14(13)16(21)22/h1-4,6,8-9,13-14H,5,7H2,(H,19,20)(H,21,22)/t8-,9-,13+,14-/m0/s1. The maximum Gasteiger partial charge on any atom is 0.307 e. The van der Waals surface area contributed by atoms with E-state index in [4.69, 9.17) is 23.2 Å². The molecule has 2 aliphatic carbocycles. The molecule has 4 atom stereocenters. The molecule has 0 aliphatic heterocycles. The summed E-state index contributed by atoms with van der Waals surface area (Å²) in [6.45, 7) is 0.263. The lowest BCUT2D eigenvalue weighted by atomic mass is 9.82. The normalized spacial score (nSPS) is 28.8. The number of fused-ring (bicyclic) bond motifs is 2. The van der Waals surface area contributed by atoms with Gasteiger partial charge in [-0.25, -0.2) is 0 Å². The van der Waals surface area contributed by atoms with Crippen molar-refractivity contribution in [2.75, 3.05) is 0 Å². The van der Waals surface area contributed by atoms with Gasteiger partial charge in [0.25, 0.3) is 0 Å². The van der Waals surface area contributed by atoms with Gasteiger partial charge in [0, 0.05) is 16.6 Å². The first-order valence-electron chi connectivity index (χ1n) is 7.10. The Labute approximate surface area is 138 Å². The van der Waals surface area contributed by atoms with E-state index in [2.05, 4.69) is 5.32 Å². The molecular weight excluding hydrogens is 325 g/mol. The number of amides is 1. The first-order valence-corrected chi connectivity index (χ1v) is 7.85. The average Bonchev–Trinajstić information content (AvgIpc) is 3.06. The molecule has 0 saturated heterocycles. The first-order chi connectivity index (χ1) is 10.5. The molecule has 3 rings (SSSR count). The Morgan fingerprint density at radius 3 is 2.50 bits per heavy atom. The van der Waals surface area contributed by atoms with Gasteiger partial charge >= 0.3 is 5.97 Å². The summed E-state index contributed by atoms with van der Waals surface area (Å²) >= 11 is 11.9. The van der Waals surface area contributed by atoms with Gasteiger partial charge in [0.1, 0.15) is 0 Å².